The Bertz CT molecular complexity index is 665. The van der Waals surface area contributed by atoms with Gasteiger partial charge in [0, 0.05) is 19.1 Å². The lowest BCUT2D eigenvalue weighted by Gasteiger charge is -2.30. The highest BCUT2D eigenvalue weighted by atomic mass is 32.2. The molecule has 128 valence electrons. The molecule has 1 aromatic rings. The van der Waals surface area contributed by atoms with Crippen molar-refractivity contribution in [2.24, 2.45) is 5.92 Å². The van der Waals surface area contributed by atoms with Gasteiger partial charge in [0.1, 0.15) is 9.77 Å². The molecule has 0 radical (unpaired) electrons. The standard InChI is InChI=1S/C15H23N3O3S2/c1-11-10-16-6-4-12(11)17-15(19)14-13(5-9-22-14)23(20,21)18-7-2-3-8-18/h5,9,11-12,16H,2-4,6-8,10H2,1H3,(H,17,19). The van der Waals surface area contributed by atoms with Crippen molar-refractivity contribution in [2.75, 3.05) is 26.2 Å². The maximum atomic E-state index is 12.7. The Balaban J connectivity index is 1.78. The van der Waals surface area contributed by atoms with Crippen LogP contribution < -0.4 is 10.6 Å². The Labute approximate surface area is 141 Å². The summed E-state index contributed by atoms with van der Waals surface area (Å²) in [5.74, 6) is 0.0721. The molecule has 3 heterocycles. The third kappa shape index (κ3) is 3.45. The first kappa shape index (κ1) is 16.9. The van der Waals surface area contributed by atoms with Crippen molar-refractivity contribution < 1.29 is 13.2 Å². The maximum absolute atomic E-state index is 12.7. The zero-order chi connectivity index (χ0) is 16.4. The number of nitrogens with zero attached hydrogens (tertiary/aromatic N) is 1. The Morgan fingerprint density at radius 1 is 1.39 bits per heavy atom. The van der Waals surface area contributed by atoms with Crippen LogP contribution in [0.3, 0.4) is 0 Å². The van der Waals surface area contributed by atoms with Gasteiger partial charge in [-0.15, -0.1) is 11.3 Å². The minimum Gasteiger partial charge on any atom is -0.348 e. The van der Waals surface area contributed by atoms with E-state index in [4.69, 9.17) is 0 Å². The molecule has 0 saturated carbocycles. The van der Waals surface area contributed by atoms with Crippen LogP contribution in [-0.2, 0) is 10.0 Å². The van der Waals surface area contributed by atoms with Crippen molar-refractivity contribution in [1.82, 2.24) is 14.9 Å². The van der Waals surface area contributed by atoms with Gasteiger partial charge in [-0.2, -0.15) is 4.31 Å². The normalized spacial score (nSPS) is 26.3. The quantitative estimate of drug-likeness (QED) is 0.850. The van der Waals surface area contributed by atoms with Gasteiger partial charge in [0.25, 0.3) is 5.91 Å². The van der Waals surface area contributed by atoms with Crippen LogP contribution in [0.1, 0.15) is 35.9 Å². The molecule has 0 spiro atoms. The van der Waals surface area contributed by atoms with E-state index in [1.165, 1.54) is 15.6 Å². The van der Waals surface area contributed by atoms with E-state index in [0.29, 0.717) is 23.9 Å². The number of amides is 1. The number of carbonyl (C=O) groups excluding carboxylic acids is 1. The number of sulfonamides is 1. The first-order valence-corrected chi connectivity index (χ1v) is 10.4. The summed E-state index contributed by atoms with van der Waals surface area (Å²) in [6, 6.07) is 1.65. The van der Waals surface area contributed by atoms with Crippen LogP contribution in [0, 0.1) is 5.92 Å². The highest BCUT2D eigenvalue weighted by Gasteiger charge is 2.33. The fourth-order valence-electron chi connectivity index (χ4n) is 3.20. The van der Waals surface area contributed by atoms with Gasteiger partial charge in [0.2, 0.25) is 10.0 Å². The summed E-state index contributed by atoms with van der Waals surface area (Å²) in [5, 5.41) is 8.00. The van der Waals surface area contributed by atoms with Crippen LogP contribution in [-0.4, -0.2) is 50.9 Å². The van der Waals surface area contributed by atoms with E-state index in [9.17, 15) is 13.2 Å². The average Bonchev–Trinajstić information content (AvgIpc) is 3.21. The third-order valence-corrected chi connectivity index (χ3v) is 7.60. The van der Waals surface area contributed by atoms with Crippen LogP contribution in [0.2, 0.25) is 0 Å². The number of thiophene rings is 1. The van der Waals surface area contributed by atoms with Gasteiger partial charge in [-0.3, -0.25) is 4.79 Å². The molecule has 0 aliphatic carbocycles. The summed E-state index contributed by atoms with van der Waals surface area (Å²) in [7, 11) is -3.55. The fourth-order valence-corrected chi connectivity index (χ4v) is 6.02. The summed E-state index contributed by atoms with van der Waals surface area (Å²) in [5.41, 5.74) is 0. The van der Waals surface area contributed by atoms with Crippen molar-refractivity contribution in [3.8, 4) is 0 Å². The molecule has 2 aliphatic rings. The van der Waals surface area contributed by atoms with E-state index in [-0.39, 0.29) is 16.8 Å². The first-order chi connectivity index (χ1) is 11.0. The van der Waals surface area contributed by atoms with Crippen molar-refractivity contribution in [3.63, 3.8) is 0 Å². The Morgan fingerprint density at radius 3 is 2.83 bits per heavy atom. The van der Waals surface area contributed by atoms with Gasteiger partial charge in [-0.1, -0.05) is 6.92 Å². The summed E-state index contributed by atoms with van der Waals surface area (Å²) in [4.78, 5) is 13.1. The minimum atomic E-state index is -3.55. The molecule has 1 amide bonds. The molecular formula is C15H23N3O3S2. The number of nitrogens with one attached hydrogen (secondary N) is 2. The highest BCUT2D eigenvalue weighted by Crippen LogP contribution is 2.28. The molecular weight excluding hydrogens is 334 g/mol. The van der Waals surface area contributed by atoms with E-state index in [1.54, 1.807) is 11.4 Å². The molecule has 0 aromatic carbocycles. The summed E-state index contributed by atoms with van der Waals surface area (Å²) in [6.45, 7) is 4.93. The largest absolute Gasteiger partial charge is 0.348 e. The minimum absolute atomic E-state index is 0.0909. The molecule has 8 heteroatoms. The van der Waals surface area contributed by atoms with E-state index in [0.717, 1.165) is 32.4 Å². The van der Waals surface area contributed by atoms with Crippen molar-refractivity contribution >= 4 is 27.3 Å². The second-order valence-corrected chi connectivity index (χ2v) is 9.10. The Morgan fingerprint density at radius 2 is 2.13 bits per heavy atom. The summed E-state index contributed by atoms with van der Waals surface area (Å²) >= 11 is 1.20. The summed E-state index contributed by atoms with van der Waals surface area (Å²) < 4.78 is 26.9. The van der Waals surface area contributed by atoms with Gasteiger partial charge in [-0.05, 0) is 49.7 Å². The number of piperidine rings is 1. The number of hydrogen-bond donors (Lipinski definition) is 2. The van der Waals surface area contributed by atoms with Gasteiger partial charge in [-0.25, -0.2) is 8.42 Å². The SMILES string of the molecule is CC1CNCCC1NC(=O)c1sccc1S(=O)(=O)N1CCCC1. The fraction of sp³-hybridized carbons (Fsp3) is 0.667. The summed E-state index contributed by atoms with van der Waals surface area (Å²) in [6.07, 6.45) is 2.64. The van der Waals surface area contributed by atoms with Crippen LogP contribution in [0.15, 0.2) is 16.3 Å². The second kappa shape index (κ2) is 6.88. The molecule has 6 nitrogen and oxygen atoms in total. The maximum Gasteiger partial charge on any atom is 0.262 e. The number of rotatable bonds is 4. The highest BCUT2D eigenvalue weighted by molar-refractivity contribution is 7.89. The zero-order valence-corrected chi connectivity index (χ0v) is 14.9. The number of hydrogen-bond acceptors (Lipinski definition) is 5. The molecule has 2 N–H and O–H groups in total. The van der Waals surface area contributed by atoms with E-state index in [2.05, 4.69) is 17.6 Å². The molecule has 2 unspecified atom stereocenters. The number of carbonyl (C=O) groups is 1. The first-order valence-electron chi connectivity index (χ1n) is 8.09. The monoisotopic (exact) mass is 357 g/mol. The van der Waals surface area contributed by atoms with Crippen molar-refractivity contribution in [3.05, 3.63) is 16.3 Å². The van der Waals surface area contributed by atoms with Gasteiger partial charge in [0.15, 0.2) is 0 Å². The van der Waals surface area contributed by atoms with E-state index >= 15 is 0 Å². The predicted octanol–water partition coefficient (Wildman–Crippen LogP) is 1.26. The van der Waals surface area contributed by atoms with Gasteiger partial charge in [0.05, 0.1) is 0 Å². The average molecular weight is 358 g/mol. The van der Waals surface area contributed by atoms with Crippen molar-refractivity contribution in [2.45, 2.75) is 37.1 Å². The molecule has 2 atom stereocenters. The van der Waals surface area contributed by atoms with Crippen LogP contribution in [0.4, 0.5) is 0 Å². The molecule has 1 aromatic heterocycles. The lowest BCUT2D eigenvalue weighted by molar-refractivity contribution is 0.0915. The van der Waals surface area contributed by atoms with Crippen molar-refractivity contribution in [1.29, 1.82) is 0 Å². The lowest BCUT2D eigenvalue weighted by atomic mass is 9.95. The predicted molar refractivity (Wildman–Crippen MR) is 90.2 cm³/mol. The van der Waals surface area contributed by atoms with Gasteiger partial charge >= 0.3 is 0 Å². The zero-order valence-electron chi connectivity index (χ0n) is 13.2. The topological polar surface area (TPSA) is 78.5 Å². The van der Waals surface area contributed by atoms with Crippen LogP contribution >= 0.6 is 11.3 Å². The van der Waals surface area contributed by atoms with Crippen LogP contribution in [0.25, 0.3) is 0 Å². The smallest absolute Gasteiger partial charge is 0.262 e. The van der Waals surface area contributed by atoms with Crippen LogP contribution in [0.5, 0.6) is 0 Å². The van der Waals surface area contributed by atoms with E-state index < -0.39 is 10.0 Å². The molecule has 3 rings (SSSR count). The Kier molecular flexibility index (Phi) is 5.05. The lowest BCUT2D eigenvalue weighted by Crippen LogP contribution is -2.48. The van der Waals surface area contributed by atoms with E-state index in [1.807, 2.05) is 0 Å². The molecule has 23 heavy (non-hydrogen) atoms. The third-order valence-electron chi connectivity index (χ3n) is 4.62. The molecule has 0 bridgehead atoms. The molecule has 2 fully saturated rings. The molecule has 2 aliphatic heterocycles. The Hall–Kier alpha value is -0.960. The van der Waals surface area contributed by atoms with Gasteiger partial charge < -0.3 is 10.6 Å². The molecule has 2 saturated heterocycles. The second-order valence-electron chi connectivity index (χ2n) is 6.28.